The van der Waals surface area contributed by atoms with E-state index in [1.54, 1.807) is 20.8 Å². The van der Waals surface area contributed by atoms with E-state index >= 15 is 0 Å². The zero-order valence-corrected chi connectivity index (χ0v) is 17.1. The molecule has 1 N–H and O–H groups in total. The van der Waals surface area contributed by atoms with Crippen molar-refractivity contribution in [3.8, 4) is 0 Å². The predicted molar refractivity (Wildman–Crippen MR) is 100 cm³/mol. The molecule has 10 nitrogen and oxygen atoms in total. The maximum absolute atomic E-state index is 11.7. The molecule has 0 radical (unpaired) electrons. The van der Waals surface area contributed by atoms with E-state index in [1.807, 2.05) is 0 Å². The first-order valence-electron chi connectivity index (χ1n) is 7.68. The van der Waals surface area contributed by atoms with Gasteiger partial charge >= 0.3 is 0 Å². The minimum Gasteiger partial charge on any atom is -0.397 e. The number of rotatable bonds is 11. The molecule has 0 spiro atoms. The number of imidazole rings is 1. The fourth-order valence-corrected chi connectivity index (χ4v) is 4.51. The maximum Gasteiger partial charge on any atom is 0.270 e. The van der Waals surface area contributed by atoms with Crippen LogP contribution < -0.4 is 10.2 Å². The van der Waals surface area contributed by atoms with E-state index in [4.69, 9.17) is 25.9 Å². The molecule has 2 heterocycles. The molecule has 144 valence electrons. The van der Waals surface area contributed by atoms with E-state index in [1.165, 1.54) is 11.1 Å². The Balaban J connectivity index is 2.23. The van der Waals surface area contributed by atoms with E-state index in [2.05, 4.69) is 20.3 Å². The van der Waals surface area contributed by atoms with Gasteiger partial charge < -0.3 is 18.9 Å². The molecular weight excluding hydrogens is 405 g/mol. The molecule has 0 aliphatic carbocycles. The number of carbonyl (C=O) groups excluding carboxylic acids is 1. The Morgan fingerprint density at radius 2 is 2.12 bits per heavy atom. The number of hydrogen-bond acceptors (Lipinski definition) is 9. The zero-order valence-electron chi connectivity index (χ0n) is 14.3. The molecule has 0 aromatic carbocycles. The van der Waals surface area contributed by atoms with Crippen LogP contribution in [0.4, 0.5) is 5.95 Å². The first kappa shape index (κ1) is 20.9. The molecule has 2 atom stereocenters. The van der Waals surface area contributed by atoms with Gasteiger partial charge in [0.05, 0.1) is 0 Å². The number of anilines is 1. The highest BCUT2D eigenvalue weighted by atomic mass is 35.5. The van der Waals surface area contributed by atoms with E-state index in [0.29, 0.717) is 25.1 Å². The van der Waals surface area contributed by atoms with Crippen LogP contribution in [0, 0.1) is 0 Å². The Labute approximate surface area is 160 Å². The third kappa shape index (κ3) is 4.86. The van der Waals surface area contributed by atoms with Gasteiger partial charge in [0.15, 0.2) is 10.6 Å². The number of aromatic nitrogens is 4. The highest BCUT2D eigenvalue weighted by molar-refractivity contribution is 8.04. The summed E-state index contributed by atoms with van der Waals surface area (Å²) in [5, 5.41) is 2.40. The summed E-state index contributed by atoms with van der Waals surface area (Å²) in [4.78, 5) is 27.2. The zero-order chi connectivity index (χ0) is 19.2. The lowest BCUT2D eigenvalue weighted by Crippen LogP contribution is -2.31. The van der Waals surface area contributed by atoms with Gasteiger partial charge in [0.25, 0.3) is 4.86 Å². The quantitative estimate of drug-likeness (QED) is 0.250. The van der Waals surface area contributed by atoms with Crippen molar-refractivity contribution >= 4 is 55.3 Å². The molecule has 2 aromatic heterocycles. The van der Waals surface area contributed by atoms with Crippen LogP contribution in [0.25, 0.3) is 11.2 Å². The number of carbonyl (C=O) groups is 1. The molecule has 0 bridgehead atoms. The van der Waals surface area contributed by atoms with Crippen LogP contribution >= 0.6 is 31.8 Å². The van der Waals surface area contributed by atoms with Crippen molar-refractivity contribution in [2.24, 2.45) is 0 Å². The van der Waals surface area contributed by atoms with Crippen LogP contribution in [0.3, 0.4) is 0 Å². The average Bonchev–Trinajstić information content (AvgIpc) is 2.99. The third-order valence-corrected chi connectivity index (χ3v) is 5.50. The number of fused-ring (bicyclic) bond motifs is 1. The van der Waals surface area contributed by atoms with Crippen molar-refractivity contribution < 1.29 is 23.7 Å². The van der Waals surface area contributed by atoms with E-state index in [0.717, 1.165) is 11.8 Å². The number of hydrogen-bond donors (Lipinski definition) is 1. The van der Waals surface area contributed by atoms with Crippen molar-refractivity contribution in [2.75, 3.05) is 18.5 Å². The van der Waals surface area contributed by atoms with Gasteiger partial charge in [0, 0.05) is 13.2 Å². The highest BCUT2D eigenvalue weighted by Crippen LogP contribution is 2.41. The topological polar surface area (TPSA) is 117 Å². The van der Waals surface area contributed by atoms with Crippen LogP contribution in [0.1, 0.15) is 20.8 Å². The fraction of sp³-hybridized carbons (Fsp3) is 0.538. The van der Waals surface area contributed by atoms with Gasteiger partial charge in [-0.3, -0.25) is 10.1 Å². The average molecular weight is 424 g/mol. The first-order valence-corrected chi connectivity index (χ1v) is 9.99. The molecule has 13 heteroatoms. The van der Waals surface area contributed by atoms with Gasteiger partial charge in [-0.2, -0.15) is 14.7 Å². The molecule has 0 saturated heterocycles. The second-order valence-corrected chi connectivity index (χ2v) is 7.96. The van der Waals surface area contributed by atoms with Crippen LogP contribution in [0.15, 0.2) is 6.33 Å². The van der Waals surface area contributed by atoms with E-state index in [9.17, 15) is 9.36 Å². The molecule has 2 aromatic rings. The molecule has 0 aliphatic heterocycles. The molecule has 0 fully saturated rings. The second kappa shape index (κ2) is 9.52. The van der Waals surface area contributed by atoms with E-state index in [-0.39, 0.29) is 16.7 Å². The molecule has 26 heavy (non-hydrogen) atoms. The summed E-state index contributed by atoms with van der Waals surface area (Å²) >= 11 is 7.17. The van der Waals surface area contributed by atoms with Gasteiger partial charge in [0.1, 0.15) is 20.3 Å². The summed E-state index contributed by atoms with van der Waals surface area (Å²) in [6, 6.07) is 0. The summed E-state index contributed by atoms with van der Waals surface area (Å²) in [5.74, 6) is 0.0186. The normalized spacial score (nSPS) is 13.4. The van der Waals surface area contributed by atoms with Crippen LogP contribution in [-0.4, -0.2) is 49.6 Å². The molecule has 1 amide bonds. The molecular formula is C13H19ClN5O5PS. The summed E-state index contributed by atoms with van der Waals surface area (Å²) in [6.45, 7) is 6.00. The van der Waals surface area contributed by atoms with Gasteiger partial charge in [0.2, 0.25) is 18.0 Å². The minimum absolute atomic E-state index is 0.0186. The number of halogens is 1. The summed E-state index contributed by atoms with van der Waals surface area (Å²) in [5.41, 5.74) is 0.0634. The van der Waals surface area contributed by atoms with Gasteiger partial charge in [-0.05, 0) is 32.5 Å². The second-order valence-electron chi connectivity index (χ2n) is 4.72. The lowest BCUT2D eigenvalue weighted by atomic mass is 10.5. The van der Waals surface area contributed by atoms with Crippen LogP contribution in [0.2, 0.25) is 5.15 Å². The third-order valence-electron chi connectivity index (χ3n) is 2.94. The number of ether oxygens (including phenoxy) is 2. The van der Waals surface area contributed by atoms with Crippen molar-refractivity contribution in [3.63, 3.8) is 0 Å². The SMILES string of the molecule is CCOC(OCC)([PH2]=O)SC(C)On1cnc2c(Cl)nc(NC=O)nc21. The van der Waals surface area contributed by atoms with Crippen molar-refractivity contribution in [2.45, 2.75) is 31.1 Å². The standard InChI is InChI=1S/C13H19ClN5O5PS/c1-4-22-13(25-21,23-5-2)26-8(3)24-19-6-15-9-10(14)17-12(16-7-20)18-11(9)19/h6-8H,4-5,25H2,1-3H3,(H,16,17,18,20). The largest absolute Gasteiger partial charge is 0.397 e. The highest BCUT2D eigenvalue weighted by Gasteiger charge is 2.34. The Kier molecular flexibility index (Phi) is 7.66. The lowest BCUT2D eigenvalue weighted by molar-refractivity contribution is -0.106. The van der Waals surface area contributed by atoms with Crippen LogP contribution in [0.5, 0.6) is 0 Å². The van der Waals surface area contributed by atoms with Crippen molar-refractivity contribution in [1.82, 2.24) is 19.7 Å². The maximum atomic E-state index is 11.7. The van der Waals surface area contributed by atoms with Gasteiger partial charge in [-0.25, -0.2) is 4.98 Å². The Bertz CT molecular complexity index is 773. The Morgan fingerprint density at radius 3 is 2.69 bits per heavy atom. The van der Waals surface area contributed by atoms with Crippen molar-refractivity contribution in [3.05, 3.63) is 11.5 Å². The summed E-state index contributed by atoms with van der Waals surface area (Å²) < 4.78 is 24.1. The predicted octanol–water partition coefficient (Wildman–Crippen LogP) is 2.00. The molecule has 0 saturated carbocycles. The smallest absolute Gasteiger partial charge is 0.270 e. The summed E-state index contributed by atoms with van der Waals surface area (Å²) in [7, 11) is -1.39. The number of nitrogens with zero attached hydrogens (tertiary/aromatic N) is 4. The number of nitrogens with one attached hydrogen (secondary N) is 1. The monoisotopic (exact) mass is 423 g/mol. The van der Waals surface area contributed by atoms with Crippen LogP contribution in [-0.2, 0) is 18.8 Å². The van der Waals surface area contributed by atoms with Gasteiger partial charge in [-0.15, -0.1) is 0 Å². The fourth-order valence-electron chi connectivity index (χ4n) is 2.06. The molecule has 0 aliphatic rings. The summed E-state index contributed by atoms with van der Waals surface area (Å²) in [6.07, 6.45) is 1.81. The number of thioether (sulfide) groups is 1. The van der Waals surface area contributed by atoms with Crippen molar-refractivity contribution in [1.29, 1.82) is 0 Å². The number of amides is 1. The first-order chi connectivity index (χ1) is 12.5. The Hall–Kier alpha value is -1.39. The Morgan fingerprint density at radius 1 is 1.42 bits per heavy atom. The molecule has 2 rings (SSSR count). The van der Waals surface area contributed by atoms with E-state index < -0.39 is 18.8 Å². The molecule has 2 unspecified atom stereocenters. The minimum atomic E-state index is -1.39. The lowest BCUT2D eigenvalue weighted by Gasteiger charge is -2.29. The van der Waals surface area contributed by atoms with Gasteiger partial charge in [-0.1, -0.05) is 11.6 Å².